The van der Waals surface area contributed by atoms with Crippen LogP contribution in [0.1, 0.15) is 81.5 Å². The Kier molecular flexibility index (Phi) is 8.89. The molecule has 1 aromatic rings. The van der Waals surface area contributed by atoms with Crippen molar-refractivity contribution in [3.05, 3.63) is 23.8 Å². The highest BCUT2D eigenvalue weighted by molar-refractivity contribution is 7.81. The number of ether oxygens (including phenoxy) is 2. The number of hydrogen-bond donors (Lipinski definition) is 0. The molecule has 152 valence electrons. The van der Waals surface area contributed by atoms with Gasteiger partial charge in [-0.15, -0.1) is 0 Å². The normalized spacial score (nSPS) is 17.3. The van der Waals surface area contributed by atoms with Gasteiger partial charge in [-0.05, 0) is 31.4 Å². The zero-order valence-electron chi connectivity index (χ0n) is 17.2. The molecule has 27 heavy (non-hydrogen) atoms. The lowest BCUT2D eigenvalue weighted by molar-refractivity contribution is 0.106. The van der Waals surface area contributed by atoms with Gasteiger partial charge in [0.2, 0.25) is 5.52 Å². The molecular formula is C22H35O4P. The maximum absolute atomic E-state index is 14.2. The van der Waals surface area contributed by atoms with E-state index in [1.165, 1.54) is 19.3 Å². The van der Waals surface area contributed by atoms with Crippen LogP contribution in [-0.2, 0) is 4.57 Å². The molecule has 1 unspecified atom stereocenters. The Labute approximate surface area is 164 Å². The lowest BCUT2D eigenvalue weighted by Gasteiger charge is -2.30. The molecule has 0 radical (unpaired) electrons. The zero-order valence-corrected chi connectivity index (χ0v) is 18.1. The summed E-state index contributed by atoms with van der Waals surface area (Å²) in [5, 5.41) is 0. The van der Waals surface area contributed by atoms with Crippen LogP contribution in [0, 0.1) is 0 Å². The van der Waals surface area contributed by atoms with Gasteiger partial charge in [-0.2, -0.15) is 0 Å². The zero-order chi connectivity index (χ0) is 19.7. The highest BCUT2D eigenvalue weighted by Crippen LogP contribution is 2.60. The average Bonchev–Trinajstić information content (AvgIpc) is 2.72. The van der Waals surface area contributed by atoms with E-state index in [1.807, 2.05) is 0 Å². The van der Waals surface area contributed by atoms with Crippen molar-refractivity contribution < 1.29 is 18.8 Å². The van der Waals surface area contributed by atoms with Crippen LogP contribution in [0.3, 0.4) is 0 Å². The minimum Gasteiger partial charge on any atom is -0.496 e. The Morgan fingerprint density at radius 2 is 1.59 bits per heavy atom. The standard InChI is InChI=1S/C22H35O4P/c1-4-5-6-7-11-17-27(24,18-13-9-8-10-14-18)22(23)21-19(25-2)15-12-16-20(21)26-3/h12,15-16,18H,4-11,13-14,17H2,1-3H3. The number of rotatable bonds is 11. The van der Waals surface area contributed by atoms with E-state index in [0.717, 1.165) is 44.9 Å². The van der Waals surface area contributed by atoms with Crippen LogP contribution >= 0.6 is 7.14 Å². The number of methoxy groups -OCH3 is 2. The summed E-state index contributed by atoms with van der Waals surface area (Å²) < 4.78 is 25.0. The number of carbonyl (C=O) groups excluding carboxylic acids is 1. The van der Waals surface area contributed by atoms with Gasteiger partial charge >= 0.3 is 0 Å². The monoisotopic (exact) mass is 394 g/mol. The molecule has 4 nitrogen and oxygen atoms in total. The van der Waals surface area contributed by atoms with Crippen molar-refractivity contribution in [1.29, 1.82) is 0 Å². The first-order valence-electron chi connectivity index (χ1n) is 10.4. The van der Waals surface area contributed by atoms with Crippen molar-refractivity contribution in [1.82, 2.24) is 0 Å². The molecule has 2 rings (SSSR count). The average molecular weight is 394 g/mol. The van der Waals surface area contributed by atoms with Crippen LogP contribution in [0.25, 0.3) is 0 Å². The summed E-state index contributed by atoms with van der Waals surface area (Å²) in [7, 11) is 0.0515. The first-order chi connectivity index (χ1) is 13.1. The Morgan fingerprint density at radius 1 is 1.00 bits per heavy atom. The second kappa shape index (κ2) is 10.9. The first kappa shape index (κ1) is 22.0. The highest BCUT2D eigenvalue weighted by atomic mass is 31.2. The third-order valence-electron chi connectivity index (χ3n) is 5.74. The van der Waals surface area contributed by atoms with Gasteiger partial charge in [0.1, 0.15) is 17.1 Å². The summed E-state index contributed by atoms with van der Waals surface area (Å²) in [6, 6.07) is 5.30. The Hall–Kier alpha value is -1.28. The molecule has 1 aliphatic carbocycles. The molecular weight excluding hydrogens is 359 g/mol. The van der Waals surface area contributed by atoms with Crippen molar-refractivity contribution in [3.63, 3.8) is 0 Å². The molecule has 1 aromatic carbocycles. The molecule has 0 spiro atoms. The van der Waals surface area contributed by atoms with E-state index in [-0.39, 0.29) is 11.2 Å². The van der Waals surface area contributed by atoms with Crippen molar-refractivity contribution in [2.24, 2.45) is 0 Å². The fraction of sp³-hybridized carbons (Fsp3) is 0.682. The molecule has 5 heteroatoms. The second-order valence-corrected chi connectivity index (χ2v) is 10.7. The SMILES string of the molecule is CCCCCCCP(=O)(C(=O)c1c(OC)cccc1OC)C1CCCCC1. The van der Waals surface area contributed by atoms with Crippen LogP contribution in [-0.4, -0.2) is 31.6 Å². The molecule has 1 saturated carbocycles. The molecule has 1 aliphatic rings. The molecule has 0 amide bonds. The lowest BCUT2D eigenvalue weighted by atomic mass is 10.0. The smallest absolute Gasteiger partial charge is 0.229 e. The van der Waals surface area contributed by atoms with Crippen molar-refractivity contribution in [2.45, 2.75) is 76.8 Å². The minimum atomic E-state index is -3.04. The van der Waals surface area contributed by atoms with E-state index in [1.54, 1.807) is 32.4 Å². The molecule has 0 bridgehead atoms. The lowest BCUT2D eigenvalue weighted by Crippen LogP contribution is -2.21. The molecule has 0 N–H and O–H groups in total. The Balaban J connectivity index is 2.32. The van der Waals surface area contributed by atoms with E-state index in [9.17, 15) is 9.36 Å². The maximum atomic E-state index is 14.2. The molecule has 1 atom stereocenters. The predicted octanol–water partition coefficient (Wildman–Crippen LogP) is 6.51. The summed E-state index contributed by atoms with van der Waals surface area (Å²) in [6.45, 7) is 2.18. The summed E-state index contributed by atoms with van der Waals surface area (Å²) in [4.78, 5) is 13.6. The minimum absolute atomic E-state index is 0.0135. The second-order valence-electron chi connectivity index (χ2n) is 7.57. The molecule has 0 aromatic heterocycles. The first-order valence-corrected chi connectivity index (χ1v) is 12.4. The van der Waals surface area contributed by atoms with Crippen LogP contribution in [0.2, 0.25) is 0 Å². The summed E-state index contributed by atoms with van der Waals surface area (Å²) in [5.41, 5.74) is 0.142. The topological polar surface area (TPSA) is 52.6 Å². The van der Waals surface area contributed by atoms with Crippen molar-refractivity contribution in [3.8, 4) is 11.5 Å². The van der Waals surface area contributed by atoms with Gasteiger partial charge < -0.3 is 14.0 Å². The van der Waals surface area contributed by atoms with Crippen molar-refractivity contribution in [2.75, 3.05) is 20.4 Å². The van der Waals surface area contributed by atoms with Gasteiger partial charge in [-0.25, -0.2) is 0 Å². The molecule has 0 aliphatic heterocycles. The maximum Gasteiger partial charge on any atom is 0.229 e. The Bertz CT molecular complexity index is 627. The van der Waals surface area contributed by atoms with E-state index in [2.05, 4.69) is 6.92 Å². The van der Waals surface area contributed by atoms with Crippen LogP contribution in [0.15, 0.2) is 18.2 Å². The van der Waals surface area contributed by atoms with Gasteiger partial charge in [0.25, 0.3) is 0 Å². The van der Waals surface area contributed by atoms with E-state index < -0.39 is 7.14 Å². The predicted molar refractivity (Wildman–Crippen MR) is 112 cm³/mol. The van der Waals surface area contributed by atoms with Gasteiger partial charge in [0, 0.05) is 11.8 Å². The fourth-order valence-corrected chi connectivity index (χ4v) is 7.54. The highest BCUT2D eigenvalue weighted by Gasteiger charge is 2.42. The number of hydrogen-bond acceptors (Lipinski definition) is 4. The van der Waals surface area contributed by atoms with Crippen LogP contribution in [0.5, 0.6) is 11.5 Å². The Morgan fingerprint density at radius 3 is 2.15 bits per heavy atom. The summed E-state index contributed by atoms with van der Waals surface area (Å²) >= 11 is 0. The van der Waals surface area contributed by atoms with Gasteiger partial charge in [0.15, 0.2) is 7.14 Å². The summed E-state index contributed by atoms with van der Waals surface area (Å²) in [5.74, 6) is 0.919. The van der Waals surface area contributed by atoms with Gasteiger partial charge in [-0.1, -0.05) is 57.9 Å². The van der Waals surface area contributed by atoms with Gasteiger partial charge in [0.05, 0.1) is 14.2 Å². The quantitative estimate of drug-likeness (QED) is 0.317. The van der Waals surface area contributed by atoms with E-state index in [0.29, 0.717) is 23.2 Å². The van der Waals surface area contributed by atoms with Crippen LogP contribution in [0.4, 0.5) is 0 Å². The van der Waals surface area contributed by atoms with E-state index in [4.69, 9.17) is 9.47 Å². The fourth-order valence-electron chi connectivity index (χ4n) is 4.15. The molecule has 1 fully saturated rings. The molecule has 0 heterocycles. The number of unbranched alkanes of at least 4 members (excludes halogenated alkanes) is 4. The third kappa shape index (κ3) is 5.38. The van der Waals surface area contributed by atoms with E-state index >= 15 is 0 Å². The third-order valence-corrected chi connectivity index (χ3v) is 9.33. The number of carbonyl (C=O) groups is 1. The molecule has 0 saturated heterocycles. The number of benzene rings is 1. The van der Waals surface area contributed by atoms with Gasteiger partial charge in [-0.3, -0.25) is 4.79 Å². The van der Waals surface area contributed by atoms with Crippen molar-refractivity contribution >= 4 is 12.7 Å². The largest absolute Gasteiger partial charge is 0.496 e. The van der Waals surface area contributed by atoms with Crippen LogP contribution < -0.4 is 9.47 Å². The summed E-state index contributed by atoms with van der Waals surface area (Å²) in [6.07, 6.45) is 11.1.